The molecule has 0 heterocycles. The summed E-state index contributed by atoms with van der Waals surface area (Å²) in [6, 6.07) is 14.8. The lowest BCUT2D eigenvalue weighted by molar-refractivity contribution is -0.132. The molecule has 2 N–H and O–H groups in total. The van der Waals surface area contributed by atoms with Crippen molar-refractivity contribution in [2.24, 2.45) is 0 Å². The second-order valence-electron chi connectivity index (χ2n) is 6.61. The van der Waals surface area contributed by atoms with Gasteiger partial charge in [-0.3, -0.25) is 9.59 Å². The van der Waals surface area contributed by atoms with Crippen LogP contribution >= 0.6 is 0 Å². The first-order valence-corrected chi connectivity index (χ1v) is 7.55. The van der Waals surface area contributed by atoms with Crippen molar-refractivity contribution in [3.8, 4) is 0 Å². The van der Waals surface area contributed by atoms with Crippen molar-refractivity contribution in [3.63, 3.8) is 0 Å². The Kier molecular flexibility index (Phi) is 4.84. The van der Waals surface area contributed by atoms with Crippen LogP contribution in [0, 0.1) is 6.92 Å². The molecule has 4 heteroatoms. The lowest BCUT2D eigenvalue weighted by Gasteiger charge is -2.19. The van der Waals surface area contributed by atoms with Gasteiger partial charge in [-0.25, -0.2) is 0 Å². The minimum absolute atomic E-state index is 0.0467. The Balaban J connectivity index is 2.00. The van der Waals surface area contributed by atoms with Crippen LogP contribution in [0.4, 0.5) is 11.4 Å². The zero-order valence-electron chi connectivity index (χ0n) is 13.9. The van der Waals surface area contributed by atoms with Crippen LogP contribution in [0.3, 0.4) is 0 Å². The average molecular weight is 310 g/mol. The van der Waals surface area contributed by atoms with Crippen molar-refractivity contribution in [2.45, 2.75) is 33.1 Å². The lowest BCUT2D eigenvalue weighted by atomic mass is 9.87. The summed E-state index contributed by atoms with van der Waals surface area (Å²) in [5.41, 5.74) is 3.43. The van der Waals surface area contributed by atoms with Crippen LogP contribution in [0.25, 0.3) is 0 Å². The molecule has 2 rings (SSSR count). The van der Waals surface area contributed by atoms with E-state index in [1.54, 1.807) is 18.2 Å². The first-order chi connectivity index (χ1) is 10.8. The molecule has 0 bridgehead atoms. The molecule has 0 atom stereocenters. The van der Waals surface area contributed by atoms with Gasteiger partial charge in [-0.05, 0) is 47.7 Å². The summed E-state index contributed by atoms with van der Waals surface area (Å²) in [4.78, 5) is 23.9. The maximum Gasteiger partial charge on any atom is 0.314 e. The minimum atomic E-state index is -0.685. The SMILES string of the molecule is Cc1cccc(NC(=O)C(=O)Nc2ccc(C(C)(C)C)cc2)c1. The molecule has 0 fully saturated rings. The van der Waals surface area contributed by atoms with Crippen molar-refractivity contribution in [2.75, 3.05) is 10.6 Å². The quantitative estimate of drug-likeness (QED) is 0.827. The van der Waals surface area contributed by atoms with Crippen molar-refractivity contribution in [1.29, 1.82) is 0 Å². The van der Waals surface area contributed by atoms with Crippen molar-refractivity contribution >= 4 is 23.2 Å². The molecule has 2 amide bonds. The van der Waals surface area contributed by atoms with E-state index in [0.717, 1.165) is 5.56 Å². The molecule has 0 aliphatic carbocycles. The standard InChI is InChI=1S/C19H22N2O2/c1-13-6-5-7-16(12-13)21-18(23)17(22)20-15-10-8-14(9-11-15)19(2,3)4/h5-12H,1-4H3,(H,20,22)(H,21,23). The molecular formula is C19H22N2O2. The number of carbonyl (C=O) groups is 2. The van der Waals surface area contributed by atoms with Crippen LogP contribution < -0.4 is 10.6 Å². The normalized spacial score (nSPS) is 11.0. The number of hydrogen-bond donors (Lipinski definition) is 2. The fourth-order valence-corrected chi connectivity index (χ4v) is 2.15. The maximum absolute atomic E-state index is 12.0. The largest absolute Gasteiger partial charge is 0.318 e. The third kappa shape index (κ3) is 4.68. The van der Waals surface area contributed by atoms with Gasteiger partial charge < -0.3 is 10.6 Å². The van der Waals surface area contributed by atoms with Gasteiger partial charge in [0.2, 0.25) is 0 Å². The van der Waals surface area contributed by atoms with Gasteiger partial charge in [0.1, 0.15) is 0 Å². The molecule has 0 aliphatic rings. The number of benzene rings is 2. The van der Waals surface area contributed by atoms with Gasteiger partial charge in [0.15, 0.2) is 0 Å². The summed E-state index contributed by atoms with van der Waals surface area (Å²) in [6.45, 7) is 8.29. The highest BCUT2D eigenvalue weighted by Gasteiger charge is 2.16. The van der Waals surface area contributed by atoms with E-state index in [1.807, 2.05) is 37.3 Å². The monoisotopic (exact) mass is 310 g/mol. The number of nitrogens with one attached hydrogen (secondary N) is 2. The van der Waals surface area contributed by atoms with Gasteiger partial charge in [0, 0.05) is 11.4 Å². The summed E-state index contributed by atoms with van der Waals surface area (Å²) >= 11 is 0. The van der Waals surface area contributed by atoms with Crippen LogP contribution in [0.15, 0.2) is 48.5 Å². The van der Waals surface area contributed by atoms with E-state index in [2.05, 4.69) is 31.4 Å². The van der Waals surface area contributed by atoms with E-state index in [9.17, 15) is 9.59 Å². The molecule has 4 nitrogen and oxygen atoms in total. The highest BCUT2D eigenvalue weighted by Crippen LogP contribution is 2.23. The van der Waals surface area contributed by atoms with E-state index >= 15 is 0 Å². The molecule has 120 valence electrons. The van der Waals surface area contributed by atoms with Crippen LogP contribution in [0.1, 0.15) is 31.9 Å². The number of hydrogen-bond acceptors (Lipinski definition) is 2. The van der Waals surface area contributed by atoms with E-state index < -0.39 is 11.8 Å². The van der Waals surface area contributed by atoms with Crippen LogP contribution in [-0.2, 0) is 15.0 Å². The average Bonchev–Trinajstić information content (AvgIpc) is 2.46. The number of rotatable bonds is 2. The third-order valence-corrected chi connectivity index (χ3v) is 3.49. The smallest absolute Gasteiger partial charge is 0.314 e. The van der Waals surface area contributed by atoms with Crippen molar-refractivity contribution in [3.05, 3.63) is 59.7 Å². The van der Waals surface area contributed by atoms with Crippen LogP contribution in [0.5, 0.6) is 0 Å². The Morgan fingerprint density at radius 2 is 1.39 bits per heavy atom. The molecule has 0 radical (unpaired) electrons. The first-order valence-electron chi connectivity index (χ1n) is 7.55. The zero-order chi connectivity index (χ0) is 17.0. The molecule has 2 aromatic carbocycles. The van der Waals surface area contributed by atoms with Gasteiger partial charge in [0.05, 0.1) is 0 Å². The molecule has 0 spiro atoms. The molecular weight excluding hydrogens is 288 g/mol. The van der Waals surface area contributed by atoms with Crippen molar-refractivity contribution in [1.82, 2.24) is 0 Å². The summed E-state index contributed by atoms with van der Waals surface area (Å²) in [6.07, 6.45) is 0. The van der Waals surface area contributed by atoms with Crippen LogP contribution in [0.2, 0.25) is 0 Å². The fourth-order valence-electron chi connectivity index (χ4n) is 2.15. The van der Waals surface area contributed by atoms with Gasteiger partial charge in [-0.15, -0.1) is 0 Å². The van der Waals surface area contributed by atoms with Crippen molar-refractivity contribution < 1.29 is 9.59 Å². The predicted molar refractivity (Wildman–Crippen MR) is 93.6 cm³/mol. The molecule has 23 heavy (non-hydrogen) atoms. The number of carbonyl (C=O) groups excluding carboxylic acids is 2. The summed E-state index contributed by atoms with van der Waals surface area (Å²) in [7, 11) is 0. The first kappa shape index (κ1) is 16.7. The van der Waals surface area contributed by atoms with Gasteiger partial charge in [0.25, 0.3) is 0 Å². The third-order valence-electron chi connectivity index (χ3n) is 3.49. The summed E-state index contributed by atoms with van der Waals surface area (Å²) < 4.78 is 0. The number of aryl methyl sites for hydroxylation is 1. The Morgan fingerprint density at radius 3 is 1.91 bits per heavy atom. The van der Waals surface area contributed by atoms with E-state index in [-0.39, 0.29) is 5.41 Å². The molecule has 0 saturated carbocycles. The highest BCUT2D eigenvalue weighted by molar-refractivity contribution is 6.43. The van der Waals surface area contributed by atoms with Gasteiger partial charge in [-0.2, -0.15) is 0 Å². The molecule has 2 aromatic rings. The Labute approximate surface area is 136 Å². The molecule has 0 aromatic heterocycles. The Bertz CT molecular complexity index is 713. The lowest BCUT2D eigenvalue weighted by Crippen LogP contribution is -2.29. The number of anilines is 2. The minimum Gasteiger partial charge on any atom is -0.318 e. The Hall–Kier alpha value is -2.62. The maximum atomic E-state index is 12.0. The molecule has 0 aliphatic heterocycles. The Morgan fingerprint density at radius 1 is 0.826 bits per heavy atom. The second-order valence-corrected chi connectivity index (χ2v) is 6.61. The summed E-state index contributed by atoms with van der Waals surface area (Å²) in [5, 5.41) is 5.19. The van der Waals surface area contributed by atoms with E-state index in [4.69, 9.17) is 0 Å². The van der Waals surface area contributed by atoms with E-state index in [1.165, 1.54) is 5.56 Å². The topological polar surface area (TPSA) is 58.2 Å². The van der Waals surface area contributed by atoms with E-state index in [0.29, 0.717) is 11.4 Å². The molecule has 0 saturated heterocycles. The fraction of sp³-hybridized carbons (Fsp3) is 0.263. The zero-order valence-corrected chi connectivity index (χ0v) is 13.9. The summed E-state index contributed by atoms with van der Waals surface area (Å²) in [5.74, 6) is -1.37. The number of amides is 2. The van der Waals surface area contributed by atoms with Crippen LogP contribution in [-0.4, -0.2) is 11.8 Å². The van der Waals surface area contributed by atoms with Gasteiger partial charge in [-0.1, -0.05) is 45.0 Å². The highest BCUT2D eigenvalue weighted by atomic mass is 16.2. The second kappa shape index (κ2) is 6.65. The van der Waals surface area contributed by atoms with Gasteiger partial charge >= 0.3 is 11.8 Å². The molecule has 0 unspecified atom stereocenters. The predicted octanol–water partition coefficient (Wildman–Crippen LogP) is 3.87.